The van der Waals surface area contributed by atoms with Crippen LogP contribution < -0.4 is 0 Å². The number of hydrogen-bond acceptors (Lipinski definition) is 2. The van der Waals surface area contributed by atoms with Gasteiger partial charge in [0.05, 0.1) is 16.2 Å². The summed E-state index contributed by atoms with van der Waals surface area (Å²) in [6.45, 7) is 5.73. The van der Waals surface area contributed by atoms with E-state index in [-0.39, 0.29) is 0 Å². The molecule has 2 aromatic rings. The third-order valence-corrected chi connectivity index (χ3v) is 5.67. The molecule has 2 fully saturated rings. The Morgan fingerprint density at radius 1 is 1.45 bits per heavy atom. The summed E-state index contributed by atoms with van der Waals surface area (Å²) in [5, 5.41) is 6.64. The standard InChI is InChI=1S/C16H20ClN3/c1-3-16-7-11(16)8-20(10-16)9-13-15-12(17)5-4-6-14(15)19(2)18-13/h4-6,11H,3,7-10H2,1-2H3. The Labute approximate surface area is 124 Å². The molecule has 3 nitrogen and oxygen atoms in total. The largest absolute Gasteiger partial charge is 0.297 e. The van der Waals surface area contributed by atoms with Gasteiger partial charge in [-0.1, -0.05) is 24.6 Å². The van der Waals surface area contributed by atoms with Crippen LogP contribution in [0.2, 0.25) is 5.02 Å². The molecule has 0 radical (unpaired) electrons. The van der Waals surface area contributed by atoms with Gasteiger partial charge < -0.3 is 0 Å². The van der Waals surface area contributed by atoms with E-state index >= 15 is 0 Å². The van der Waals surface area contributed by atoms with Crippen molar-refractivity contribution in [2.75, 3.05) is 13.1 Å². The average molecular weight is 290 g/mol. The van der Waals surface area contributed by atoms with Crippen molar-refractivity contribution in [2.45, 2.75) is 26.3 Å². The smallest absolute Gasteiger partial charge is 0.0858 e. The lowest BCUT2D eigenvalue weighted by Gasteiger charge is -2.19. The van der Waals surface area contributed by atoms with Gasteiger partial charge in [0.2, 0.25) is 0 Å². The molecule has 0 bridgehead atoms. The molecule has 0 spiro atoms. The van der Waals surface area contributed by atoms with Crippen LogP contribution in [0, 0.1) is 11.3 Å². The van der Waals surface area contributed by atoms with Gasteiger partial charge in [-0.15, -0.1) is 0 Å². The second-order valence-electron chi connectivity index (χ2n) is 6.49. The van der Waals surface area contributed by atoms with Crippen LogP contribution in [0.3, 0.4) is 0 Å². The van der Waals surface area contributed by atoms with Crippen molar-refractivity contribution >= 4 is 22.5 Å². The van der Waals surface area contributed by atoms with Crippen LogP contribution in [0.4, 0.5) is 0 Å². The van der Waals surface area contributed by atoms with Gasteiger partial charge in [0, 0.05) is 32.1 Å². The van der Waals surface area contributed by atoms with Crippen molar-refractivity contribution in [2.24, 2.45) is 18.4 Å². The van der Waals surface area contributed by atoms with Crippen molar-refractivity contribution < 1.29 is 0 Å². The summed E-state index contributed by atoms with van der Waals surface area (Å²) >= 11 is 6.38. The maximum Gasteiger partial charge on any atom is 0.0858 e. The van der Waals surface area contributed by atoms with Crippen LogP contribution in [0.15, 0.2) is 18.2 Å². The van der Waals surface area contributed by atoms with E-state index in [0.29, 0.717) is 5.41 Å². The van der Waals surface area contributed by atoms with Crippen molar-refractivity contribution in [1.82, 2.24) is 14.7 Å². The van der Waals surface area contributed by atoms with Gasteiger partial charge in [-0.2, -0.15) is 5.10 Å². The Morgan fingerprint density at radius 3 is 3.05 bits per heavy atom. The van der Waals surface area contributed by atoms with Crippen LogP contribution in [-0.2, 0) is 13.6 Å². The fourth-order valence-electron chi connectivity index (χ4n) is 4.05. The SMILES string of the molecule is CCC12CC1CN(Cc1nn(C)c3cccc(Cl)c13)C2. The van der Waals surface area contributed by atoms with Crippen LogP contribution >= 0.6 is 11.6 Å². The first-order valence-electron chi connectivity index (χ1n) is 7.45. The van der Waals surface area contributed by atoms with E-state index in [1.165, 1.54) is 25.9 Å². The minimum absolute atomic E-state index is 0.633. The Balaban J connectivity index is 1.64. The third kappa shape index (κ3) is 1.73. The highest BCUT2D eigenvalue weighted by Crippen LogP contribution is 2.60. The highest BCUT2D eigenvalue weighted by atomic mass is 35.5. The first kappa shape index (κ1) is 12.7. The molecule has 4 rings (SSSR count). The molecule has 20 heavy (non-hydrogen) atoms. The number of halogens is 1. The molecule has 4 heteroatoms. The predicted octanol–water partition coefficient (Wildman–Crippen LogP) is 3.46. The first-order valence-corrected chi connectivity index (χ1v) is 7.83. The molecule has 1 saturated carbocycles. The van der Waals surface area contributed by atoms with E-state index < -0.39 is 0 Å². The Bertz CT molecular complexity index is 674. The van der Waals surface area contributed by atoms with Crippen molar-refractivity contribution in [3.05, 3.63) is 28.9 Å². The quantitative estimate of drug-likeness (QED) is 0.863. The lowest BCUT2D eigenvalue weighted by atomic mass is 10.0. The molecular formula is C16H20ClN3. The highest BCUT2D eigenvalue weighted by Gasteiger charge is 2.58. The van der Waals surface area contributed by atoms with Gasteiger partial charge >= 0.3 is 0 Å². The normalized spacial score (nSPS) is 29.1. The molecule has 1 aromatic carbocycles. The topological polar surface area (TPSA) is 21.1 Å². The maximum atomic E-state index is 6.38. The summed E-state index contributed by atoms with van der Waals surface area (Å²) in [4.78, 5) is 2.56. The molecule has 0 N–H and O–H groups in total. The monoisotopic (exact) mass is 289 g/mol. The number of aromatic nitrogens is 2. The fourth-order valence-corrected chi connectivity index (χ4v) is 4.32. The second kappa shape index (κ2) is 4.22. The summed E-state index contributed by atoms with van der Waals surface area (Å²) in [5.74, 6) is 0.929. The van der Waals surface area contributed by atoms with Gasteiger partial charge in [-0.3, -0.25) is 9.58 Å². The first-order chi connectivity index (χ1) is 9.63. The van der Waals surface area contributed by atoms with E-state index in [0.717, 1.165) is 34.1 Å². The molecule has 2 heterocycles. The number of aryl methyl sites for hydroxylation is 1. The second-order valence-corrected chi connectivity index (χ2v) is 6.90. The van der Waals surface area contributed by atoms with Crippen LogP contribution in [0.5, 0.6) is 0 Å². The molecule has 1 aliphatic heterocycles. The molecular weight excluding hydrogens is 270 g/mol. The Morgan fingerprint density at radius 2 is 2.30 bits per heavy atom. The molecule has 1 saturated heterocycles. The van der Waals surface area contributed by atoms with Crippen molar-refractivity contribution in [3.63, 3.8) is 0 Å². The number of fused-ring (bicyclic) bond motifs is 2. The van der Waals surface area contributed by atoms with Crippen LogP contribution in [0.25, 0.3) is 10.9 Å². The van der Waals surface area contributed by atoms with Crippen LogP contribution in [0.1, 0.15) is 25.5 Å². The number of piperidine rings is 1. The van der Waals surface area contributed by atoms with E-state index in [1.54, 1.807) is 0 Å². The van der Waals surface area contributed by atoms with Gasteiger partial charge in [0.15, 0.2) is 0 Å². The lowest BCUT2D eigenvalue weighted by Crippen LogP contribution is -2.24. The molecule has 2 unspecified atom stereocenters. The molecule has 2 atom stereocenters. The van der Waals surface area contributed by atoms with E-state index in [1.807, 2.05) is 23.9 Å². The van der Waals surface area contributed by atoms with Gasteiger partial charge in [0.25, 0.3) is 0 Å². The third-order valence-electron chi connectivity index (χ3n) is 5.35. The Kier molecular flexibility index (Phi) is 2.67. The summed E-state index contributed by atoms with van der Waals surface area (Å²) in [7, 11) is 2.00. The number of benzene rings is 1. The molecule has 2 aliphatic rings. The maximum absolute atomic E-state index is 6.38. The lowest BCUT2D eigenvalue weighted by molar-refractivity contribution is 0.267. The minimum atomic E-state index is 0.633. The Hall–Kier alpha value is -1.06. The summed E-state index contributed by atoms with van der Waals surface area (Å²) in [6, 6.07) is 6.05. The summed E-state index contributed by atoms with van der Waals surface area (Å²) in [6.07, 6.45) is 2.75. The number of likely N-dealkylation sites (tertiary alicyclic amines) is 1. The summed E-state index contributed by atoms with van der Waals surface area (Å²) in [5.41, 5.74) is 2.89. The van der Waals surface area contributed by atoms with Crippen molar-refractivity contribution in [1.29, 1.82) is 0 Å². The zero-order chi connectivity index (χ0) is 13.9. The highest BCUT2D eigenvalue weighted by molar-refractivity contribution is 6.35. The van der Waals surface area contributed by atoms with Gasteiger partial charge in [-0.25, -0.2) is 0 Å². The predicted molar refractivity (Wildman–Crippen MR) is 81.8 cm³/mol. The molecule has 0 amide bonds. The molecule has 1 aromatic heterocycles. The molecule has 106 valence electrons. The van der Waals surface area contributed by atoms with E-state index in [9.17, 15) is 0 Å². The van der Waals surface area contributed by atoms with Crippen molar-refractivity contribution in [3.8, 4) is 0 Å². The van der Waals surface area contributed by atoms with Crippen LogP contribution in [-0.4, -0.2) is 27.8 Å². The number of nitrogens with zero attached hydrogens (tertiary/aromatic N) is 3. The summed E-state index contributed by atoms with van der Waals surface area (Å²) < 4.78 is 1.95. The average Bonchev–Trinajstić information content (AvgIpc) is 2.84. The van der Waals surface area contributed by atoms with Gasteiger partial charge in [0.1, 0.15) is 0 Å². The zero-order valence-electron chi connectivity index (χ0n) is 12.1. The van der Waals surface area contributed by atoms with E-state index in [4.69, 9.17) is 16.7 Å². The van der Waals surface area contributed by atoms with Gasteiger partial charge in [-0.05, 0) is 36.3 Å². The fraction of sp³-hybridized carbons (Fsp3) is 0.562. The number of rotatable bonds is 3. The number of hydrogen-bond donors (Lipinski definition) is 0. The molecule has 1 aliphatic carbocycles. The minimum Gasteiger partial charge on any atom is -0.297 e. The van der Waals surface area contributed by atoms with E-state index in [2.05, 4.69) is 17.9 Å². The zero-order valence-corrected chi connectivity index (χ0v) is 12.8.